The fourth-order valence-electron chi connectivity index (χ4n) is 2.81. The van der Waals surface area contributed by atoms with Gasteiger partial charge in [0.25, 0.3) is 0 Å². The van der Waals surface area contributed by atoms with Gasteiger partial charge >= 0.3 is 5.69 Å². The molecule has 120 valence electrons. The Morgan fingerprint density at radius 1 is 1.04 bits per heavy atom. The van der Waals surface area contributed by atoms with Crippen molar-refractivity contribution in [3.8, 4) is 0 Å². The molecule has 2 aromatic carbocycles. The zero-order valence-electron chi connectivity index (χ0n) is 13.4. The smallest absolute Gasteiger partial charge is 0.328 e. The van der Waals surface area contributed by atoms with Gasteiger partial charge in [-0.25, -0.2) is 4.79 Å². The summed E-state index contributed by atoms with van der Waals surface area (Å²) in [5.74, 6) is 0. The molecule has 0 fully saturated rings. The third kappa shape index (κ3) is 3.06. The average Bonchev–Trinajstić information content (AvgIpc) is 2.80. The molecule has 0 aliphatic carbocycles. The first-order chi connectivity index (χ1) is 11.1. The Morgan fingerprint density at radius 2 is 1.74 bits per heavy atom. The minimum Gasteiger partial charge on any atom is -0.387 e. The summed E-state index contributed by atoms with van der Waals surface area (Å²) in [4.78, 5) is 11.9. The van der Waals surface area contributed by atoms with Gasteiger partial charge in [-0.15, -0.1) is 0 Å². The van der Waals surface area contributed by atoms with Crippen LogP contribution in [0.25, 0.3) is 11.0 Å². The van der Waals surface area contributed by atoms with E-state index in [2.05, 4.69) is 5.32 Å². The summed E-state index contributed by atoms with van der Waals surface area (Å²) in [5, 5.41) is 13.4. The Morgan fingerprint density at radius 3 is 2.48 bits per heavy atom. The molecule has 0 aliphatic heterocycles. The van der Waals surface area contributed by atoms with Gasteiger partial charge in [-0.3, -0.25) is 9.13 Å². The Balaban J connectivity index is 1.68. The van der Waals surface area contributed by atoms with Crippen LogP contribution in [0.15, 0.2) is 53.3 Å². The van der Waals surface area contributed by atoms with Crippen LogP contribution in [0.1, 0.15) is 17.2 Å². The SMILES string of the molecule is Cn1c(=O)n(C)c2cc(CNC[C@@H](O)c3ccccc3)ccc21. The molecule has 0 saturated carbocycles. The molecule has 3 aromatic rings. The number of imidazole rings is 1. The van der Waals surface area contributed by atoms with Crippen LogP contribution in [0.2, 0.25) is 0 Å². The van der Waals surface area contributed by atoms with Crippen LogP contribution in [-0.2, 0) is 20.6 Å². The van der Waals surface area contributed by atoms with E-state index in [1.165, 1.54) is 0 Å². The highest BCUT2D eigenvalue weighted by Crippen LogP contribution is 2.15. The lowest BCUT2D eigenvalue weighted by atomic mass is 10.1. The minimum absolute atomic E-state index is 0.0235. The monoisotopic (exact) mass is 311 g/mol. The summed E-state index contributed by atoms with van der Waals surface area (Å²) in [7, 11) is 3.56. The largest absolute Gasteiger partial charge is 0.387 e. The predicted molar refractivity (Wildman–Crippen MR) is 91.3 cm³/mol. The quantitative estimate of drug-likeness (QED) is 0.754. The van der Waals surface area contributed by atoms with E-state index in [0.717, 1.165) is 22.2 Å². The second-order valence-corrected chi connectivity index (χ2v) is 5.78. The normalized spacial score (nSPS) is 12.7. The van der Waals surface area contributed by atoms with Crippen molar-refractivity contribution in [1.29, 1.82) is 0 Å². The van der Waals surface area contributed by atoms with E-state index < -0.39 is 6.10 Å². The minimum atomic E-state index is -0.527. The third-order valence-electron chi connectivity index (χ3n) is 4.19. The van der Waals surface area contributed by atoms with Crippen molar-refractivity contribution >= 4 is 11.0 Å². The lowest BCUT2D eigenvalue weighted by Gasteiger charge is -2.12. The maximum Gasteiger partial charge on any atom is 0.328 e. The van der Waals surface area contributed by atoms with Crippen LogP contribution < -0.4 is 11.0 Å². The predicted octanol–water partition coefficient (Wildman–Crippen LogP) is 1.70. The molecular formula is C18H21N3O2. The van der Waals surface area contributed by atoms with Gasteiger partial charge in [0.15, 0.2) is 0 Å². The van der Waals surface area contributed by atoms with E-state index in [0.29, 0.717) is 13.1 Å². The van der Waals surface area contributed by atoms with E-state index >= 15 is 0 Å². The fraction of sp³-hybridized carbons (Fsp3) is 0.278. The number of aromatic nitrogens is 2. The van der Waals surface area contributed by atoms with Gasteiger partial charge in [-0.1, -0.05) is 36.4 Å². The highest BCUT2D eigenvalue weighted by atomic mass is 16.3. The number of nitrogens with one attached hydrogen (secondary N) is 1. The van der Waals surface area contributed by atoms with Gasteiger partial charge in [0, 0.05) is 27.2 Å². The van der Waals surface area contributed by atoms with Gasteiger partial charge in [0.1, 0.15) is 0 Å². The fourth-order valence-corrected chi connectivity index (χ4v) is 2.81. The summed E-state index contributed by atoms with van der Waals surface area (Å²) in [6.45, 7) is 1.12. The van der Waals surface area contributed by atoms with E-state index in [4.69, 9.17) is 0 Å². The average molecular weight is 311 g/mol. The lowest BCUT2D eigenvalue weighted by molar-refractivity contribution is 0.174. The molecule has 0 aliphatic rings. The molecule has 0 spiro atoms. The van der Waals surface area contributed by atoms with Crippen LogP contribution in [0.3, 0.4) is 0 Å². The van der Waals surface area contributed by atoms with Crippen LogP contribution in [0.5, 0.6) is 0 Å². The molecule has 1 atom stereocenters. The summed E-state index contributed by atoms with van der Waals surface area (Å²) in [6.07, 6.45) is -0.527. The lowest BCUT2D eigenvalue weighted by Crippen LogP contribution is -2.21. The van der Waals surface area contributed by atoms with Crippen molar-refractivity contribution in [2.75, 3.05) is 6.54 Å². The Bertz CT molecular complexity index is 865. The molecule has 0 radical (unpaired) electrons. The van der Waals surface area contributed by atoms with E-state index in [1.807, 2.05) is 48.5 Å². The van der Waals surface area contributed by atoms with E-state index in [9.17, 15) is 9.90 Å². The summed E-state index contributed by atoms with van der Waals surface area (Å²) in [5.41, 5.74) is 3.80. The molecule has 2 N–H and O–H groups in total. The van der Waals surface area contributed by atoms with Gasteiger partial charge in [-0.2, -0.15) is 0 Å². The highest BCUT2D eigenvalue weighted by molar-refractivity contribution is 5.76. The maximum absolute atomic E-state index is 11.9. The van der Waals surface area contributed by atoms with Gasteiger partial charge < -0.3 is 10.4 Å². The van der Waals surface area contributed by atoms with Crippen LogP contribution in [-0.4, -0.2) is 20.8 Å². The summed E-state index contributed by atoms with van der Waals surface area (Å²) in [6, 6.07) is 15.6. The van der Waals surface area contributed by atoms with E-state index in [1.54, 1.807) is 23.2 Å². The number of rotatable bonds is 5. The van der Waals surface area contributed by atoms with Crippen molar-refractivity contribution in [3.05, 3.63) is 70.1 Å². The molecule has 0 unspecified atom stereocenters. The number of hydrogen-bond acceptors (Lipinski definition) is 3. The van der Waals surface area contributed by atoms with Crippen LogP contribution in [0.4, 0.5) is 0 Å². The molecule has 0 amide bonds. The molecular weight excluding hydrogens is 290 g/mol. The third-order valence-corrected chi connectivity index (χ3v) is 4.19. The van der Waals surface area contributed by atoms with Crippen LogP contribution in [0, 0.1) is 0 Å². The zero-order chi connectivity index (χ0) is 16.4. The highest BCUT2D eigenvalue weighted by Gasteiger charge is 2.09. The molecule has 1 heterocycles. The van der Waals surface area contributed by atoms with Crippen molar-refractivity contribution in [2.45, 2.75) is 12.6 Å². The van der Waals surface area contributed by atoms with Crippen molar-refractivity contribution < 1.29 is 5.11 Å². The number of aliphatic hydroxyl groups excluding tert-OH is 1. The second-order valence-electron chi connectivity index (χ2n) is 5.78. The molecule has 0 saturated heterocycles. The van der Waals surface area contributed by atoms with Gasteiger partial charge in [-0.05, 0) is 23.3 Å². The van der Waals surface area contributed by atoms with Crippen LogP contribution >= 0.6 is 0 Å². The van der Waals surface area contributed by atoms with Crippen molar-refractivity contribution in [1.82, 2.24) is 14.5 Å². The number of aliphatic hydroxyl groups is 1. The number of hydrogen-bond donors (Lipinski definition) is 2. The first kappa shape index (κ1) is 15.5. The topological polar surface area (TPSA) is 59.2 Å². The Kier molecular flexibility index (Phi) is 4.32. The second kappa shape index (κ2) is 6.40. The van der Waals surface area contributed by atoms with Gasteiger partial charge in [0.05, 0.1) is 17.1 Å². The summed E-state index contributed by atoms with van der Waals surface area (Å²) < 4.78 is 3.29. The molecule has 5 nitrogen and oxygen atoms in total. The number of benzene rings is 2. The number of fused-ring (bicyclic) bond motifs is 1. The standard InChI is InChI=1S/C18H21N3O2/c1-20-15-9-8-13(10-16(15)21(2)18(20)23)11-19-12-17(22)14-6-4-3-5-7-14/h3-10,17,19,22H,11-12H2,1-2H3/t17-/m1/s1. The van der Waals surface area contributed by atoms with Crippen molar-refractivity contribution in [3.63, 3.8) is 0 Å². The van der Waals surface area contributed by atoms with Gasteiger partial charge in [0.2, 0.25) is 0 Å². The molecule has 3 rings (SSSR count). The number of aryl methyl sites for hydroxylation is 2. The molecule has 5 heteroatoms. The molecule has 0 bridgehead atoms. The summed E-state index contributed by atoms with van der Waals surface area (Å²) >= 11 is 0. The Labute approximate surface area is 134 Å². The Hall–Kier alpha value is -2.37. The molecule has 1 aromatic heterocycles. The zero-order valence-corrected chi connectivity index (χ0v) is 13.4. The first-order valence-corrected chi connectivity index (χ1v) is 7.66. The first-order valence-electron chi connectivity index (χ1n) is 7.66. The van der Waals surface area contributed by atoms with Crippen molar-refractivity contribution in [2.24, 2.45) is 14.1 Å². The maximum atomic E-state index is 11.9. The number of nitrogens with zero attached hydrogens (tertiary/aromatic N) is 2. The van der Waals surface area contributed by atoms with E-state index in [-0.39, 0.29) is 5.69 Å². The molecule has 23 heavy (non-hydrogen) atoms.